The summed E-state index contributed by atoms with van der Waals surface area (Å²) in [5.41, 5.74) is 0.897. The fraction of sp³-hybridized carbons (Fsp3) is 0.294. The number of halogens is 1. The van der Waals surface area contributed by atoms with Gasteiger partial charge in [0.2, 0.25) is 0 Å². The number of para-hydroxylation sites is 1. The Morgan fingerprint density at radius 2 is 2.12 bits per heavy atom. The number of nitrogens with zero attached hydrogens (tertiary/aromatic N) is 2. The molecule has 1 aromatic carbocycles. The van der Waals surface area contributed by atoms with Crippen LogP contribution in [0.2, 0.25) is 0 Å². The van der Waals surface area contributed by atoms with E-state index in [0.717, 1.165) is 34.2 Å². The summed E-state index contributed by atoms with van der Waals surface area (Å²) in [4.78, 5) is 10.1. The zero-order valence-corrected chi connectivity index (χ0v) is 16.9. The zero-order valence-electron chi connectivity index (χ0n) is 13.7. The van der Waals surface area contributed by atoms with E-state index in [2.05, 4.69) is 27.5 Å². The third-order valence-corrected chi connectivity index (χ3v) is 4.20. The predicted molar refractivity (Wildman–Crippen MR) is 110 cm³/mol. The van der Waals surface area contributed by atoms with Gasteiger partial charge in [-0.2, -0.15) is 0 Å². The van der Waals surface area contributed by atoms with Crippen LogP contribution in [-0.2, 0) is 13.1 Å². The maximum atomic E-state index is 5.79. The average Bonchev–Trinajstić information content (AvgIpc) is 3.15. The van der Waals surface area contributed by atoms with Crippen molar-refractivity contribution < 1.29 is 4.42 Å². The molecule has 0 unspecified atom stereocenters. The van der Waals surface area contributed by atoms with Gasteiger partial charge in [0.1, 0.15) is 22.9 Å². The van der Waals surface area contributed by atoms with Gasteiger partial charge < -0.3 is 15.1 Å². The number of nitrogens with one attached hydrogen (secondary N) is 2. The smallest absolute Gasteiger partial charge is 0.192 e. The van der Waals surface area contributed by atoms with Crippen molar-refractivity contribution >= 4 is 52.2 Å². The number of aliphatic imine (C=N–C) groups is 1. The topological polar surface area (TPSA) is 62.5 Å². The Labute approximate surface area is 162 Å². The van der Waals surface area contributed by atoms with E-state index < -0.39 is 0 Å². The molecule has 128 valence electrons. The van der Waals surface area contributed by atoms with Crippen molar-refractivity contribution in [1.82, 2.24) is 15.6 Å². The Hall–Kier alpha value is -1.61. The lowest BCUT2D eigenvalue weighted by molar-refractivity contribution is 0.551. The molecule has 0 saturated carbocycles. The van der Waals surface area contributed by atoms with Crippen molar-refractivity contribution in [1.29, 1.82) is 0 Å². The first kappa shape index (κ1) is 18.7. The highest BCUT2D eigenvalue weighted by molar-refractivity contribution is 14.0. The molecule has 5 nitrogen and oxygen atoms in total. The van der Waals surface area contributed by atoms with Gasteiger partial charge in [-0.25, -0.2) is 9.98 Å². The van der Waals surface area contributed by atoms with E-state index >= 15 is 0 Å². The second kappa shape index (κ2) is 9.03. The van der Waals surface area contributed by atoms with Crippen molar-refractivity contribution in [3.05, 3.63) is 52.2 Å². The molecule has 0 atom stereocenters. The van der Waals surface area contributed by atoms with E-state index in [1.165, 1.54) is 4.88 Å². The molecule has 0 amide bonds. The fourth-order valence-electron chi connectivity index (χ4n) is 2.26. The Balaban J connectivity index is 0.00000208. The normalized spacial score (nSPS) is 11.3. The Morgan fingerprint density at radius 1 is 1.29 bits per heavy atom. The highest BCUT2D eigenvalue weighted by Crippen LogP contribution is 2.19. The van der Waals surface area contributed by atoms with Gasteiger partial charge >= 0.3 is 0 Å². The maximum Gasteiger partial charge on any atom is 0.192 e. The predicted octanol–water partition coefficient (Wildman–Crippen LogP) is 4.07. The lowest BCUT2D eigenvalue weighted by Gasteiger charge is -2.09. The highest BCUT2D eigenvalue weighted by Gasteiger charge is 2.04. The lowest BCUT2D eigenvalue weighted by atomic mass is 10.2. The summed E-state index contributed by atoms with van der Waals surface area (Å²) in [6.45, 7) is 6.09. The van der Waals surface area contributed by atoms with E-state index in [-0.39, 0.29) is 24.0 Å². The summed E-state index contributed by atoms with van der Waals surface area (Å²) in [5.74, 6) is 1.62. The van der Waals surface area contributed by atoms with E-state index in [0.29, 0.717) is 13.1 Å². The molecule has 0 spiro atoms. The van der Waals surface area contributed by atoms with Crippen molar-refractivity contribution in [3.8, 4) is 0 Å². The largest absolute Gasteiger partial charge is 0.459 e. The molecule has 7 heteroatoms. The van der Waals surface area contributed by atoms with Crippen LogP contribution in [0.15, 0.2) is 45.9 Å². The molecule has 0 radical (unpaired) electrons. The van der Waals surface area contributed by atoms with Crippen LogP contribution in [0.5, 0.6) is 0 Å². The fourth-order valence-corrected chi connectivity index (χ4v) is 2.98. The summed E-state index contributed by atoms with van der Waals surface area (Å²) < 4.78 is 5.79. The quantitative estimate of drug-likeness (QED) is 0.345. The number of benzene rings is 1. The van der Waals surface area contributed by atoms with Gasteiger partial charge in [0.25, 0.3) is 0 Å². The van der Waals surface area contributed by atoms with Gasteiger partial charge in [-0.05, 0) is 26.0 Å². The molecule has 2 heterocycles. The standard InChI is InChI=1S/C17H20N4OS.HI/c1-3-18-17(21-11-16-19-9-12(2)23-16)20-10-14-8-13-6-4-5-7-15(13)22-14;/h4-9H,3,10-11H2,1-2H3,(H2,18,20,21);1H. The van der Waals surface area contributed by atoms with Crippen molar-refractivity contribution in [2.45, 2.75) is 26.9 Å². The number of guanidine groups is 1. The molecule has 0 fully saturated rings. The van der Waals surface area contributed by atoms with Crippen LogP contribution in [0.4, 0.5) is 0 Å². The first-order chi connectivity index (χ1) is 11.2. The van der Waals surface area contributed by atoms with Crippen LogP contribution >= 0.6 is 35.3 Å². The summed E-state index contributed by atoms with van der Waals surface area (Å²) in [7, 11) is 0. The summed E-state index contributed by atoms with van der Waals surface area (Å²) in [6.07, 6.45) is 1.89. The first-order valence-electron chi connectivity index (χ1n) is 7.65. The molecule has 24 heavy (non-hydrogen) atoms. The minimum atomic E-state index is 0. The van der Waals surface area contributed by atoms with Crippen molar-refractivity contribution in [2.24, 2.45) is 4.99 Å². The molecule has 0 saturated heterocycles. The number of hydrogen-bond acceptors (Lipinski definition) is 4. The van der Waals surface area contributed by atoms with Gasteiger partial charge in [0.15, 0.2) is 5.96 Å². The highest BCUT2D eigenvalue weighted by atomic mass is 127. The van der Waals surface area contributed by atoms with E-state index in [1.807, 2.05) is 43.5 Å². The molecule has 2 N–H and O–H groups in total. The van der Waals surface area contributed by atoms with Gasteiger partial charge in [-0.1, -0.05) is 18.2 Å². The number of aromatic nitrogens is 1. The van der Waals surface area contributed by atoms with Gasteiger partial charge in [-0.15, -0.1) is 35.3 Å². The van der Waals surface area contributed by atoms with Gasteiger partial charge in [0.05, 0.1) is 6.54 Å². The molecule has 0 bridgehead atoms. The Kier molecular flexibility index (Phi) is 7.04. The third kappa shape index (κ3) is 4.94. The van der Waals surface area contributed by atoms with Crippen LogP contribution in [0.25, 0.3) is 11.0 Å². The molecule has 2 aromatic heterocycles. The SMILES string of the molecule is CCNC(=NCc1cc2ccccc2o1)NCc1ncc(C)s1.I. The minimum absolute atomic E-state index is 0. The first-order valence-corrected chi connectivity index (χ1v) is 8.47. The van der Waals surface area contributed by atoms with E-state index in [4.69, 9.17) is 4.42 Å². The average molecular weight is 456 g/mol. The second-order valence-corrected chi connectivity index (χ2v) is 6.48. The zero-order chi connectivity index (χ0) is 16.1. The molecular weight excluding hydrogens is 435 g/mol. The monoisotopic (exact) mass is 456 g/mol. The minimum Gasteiger partial charge on any atom is -0.459 e. The van der Waals surface area contributed by atoms with Crippen molar-refractivity contribution in [2.75, 3.05) is 6.54 Å². The number of rotatable bonds is 5. The molecule has 0 aliphatic rings. The maximum absolute atomic E-state index is 5.79. The second-order valence-electron chi connectivity index (χ2n) is 5.16. The summed E-state index contributed by atoms with van der Waals surface area (Å²) in [5, 5.41) is 8.70. The summed E-state index contributed by atoms with van der Waals surface area (Å²) >= 11 is 1.69. The van der Waals surface area contributed by atoms with Crippen LogP contribution in [0.3, 0.4) is 0 Å². The van der Waals surface area contributed by atoms with Crippen LogP contribution in [0.1, 0.15) is 22.6 Å². The molecular formula is C17H21IN4OS. The summed E-state index contributed by atoms with van der Waals surface area (Å²) in [6, 6.07) is 10.0. The molecule has 3 rings (SSSR count). The third-order valence-electron chi connectivity index (χ3n) is 3.29. The number of hydrogen-bond donors (Lipinski definition) is 2. The Morgan fingerprint density at radius 3 is 2.83 bits per heavy atom. The molecule has 0 aliphatic heterocycles. The van der Waals surface area contributed by atoms with Gasteiger partial charge in [0, 0.05) is 23.0 Å². The van der Waals surface area contributed by atoms with Crippen LogP contribution in [0, 0.1) is 6.92 Å². The number of aryl methyl sites for hydroxylation is 1. The van der Waals surface area contributed by atoms with Crippen molar-refractivity contribution in [3.63, 3.8) is 0 Å². The van der Waals surface area contributed by atoms with Crippen LogP contribution < -0.4 is 10.6 Å². The van der Waals surface area contributed by atoms with Gasteiger partial charge in [-0.3, -0.25) is 0 Å². The number of furan rings is 1. The van der Waals surface area contributed by atoms with E-state index in [1.54, 1.807) is 11.3 Å². The molecule has 3 aromatic rings. The van der Waals surface area contributed by atoms with E-state index in [9.17, 15) is 0 Å². The number of fused-ring (bicyclic) bond motifs is 1. The number of thiazole rings is 1. The molecule has 0 aliphatic carbocycles. The van der Waals surface area contributed by atoms with Crippen LogP contribution in [-0.4, -0.2) is 17.5 Å². The lowest BCUT2D eigenvalue weighted by Crippen LogP contribution is -2.36. The Bertz CT molecular complexity index is 779.